The Balaban J connectivity index is 0.915. The Labute approximate surface area is 376 Å². The fraction of sp³-hybridized carbons (Fsp3) is 0.468. The molecule has 0 aliphatic carbocycles. The molecule has 7 rings (SSSR count). The van der Waals surface area contributed by atoms with Crippen LogP contribution < -0.4 is 20.2 Å². The van der Waals surface area contributed by atoms with E-state index in [1.54, 1.807) is 32.5 Å². The zero-order valence-corrected chi connectivity index (χ0v) is 38.4. The van der Waals surface area contributed by atoms with Crippen molar-refractivity contribution < 1.29 is 32.9 Å². The summed E-state index contributed by atoms with van der Waals surface area (Å²) in [7, 11) is 2.96. The summed E-state index contributed by atoms with van der Waals surface area (Å²) in [6, 6.07) is 8.83. The van der Waals surface area contributed by atoms with Crippen molar-refractivity contribution in [1.29, 1.82) is 0 Å². The number of carbonyl (C=O) groups excluding carboxylic acids is 2. The molecule has 1 N–H and O–H groups in total. The number of methoxy groups -OCH3 is 2. The lowest BCUT2D eigenvalue weighted by Crippen LogP contribution is -2.49. The van der Waals surface area contributed by atoms with Gasteiger partial charge in [0.15, 0.2) is 27.8 Å². The molecule has 1 fully saturated rings. The first-order valence-electron chi connectivity index (χ1n) is 21.5. The Bertz CT molecular complexity index is 2420. The van der Waals surface area contributed by atoms with E-state index < -0.39 is 23.8 Å². The third-order valence-corrected chi connectivity index (χ3v) is 13.0. The number of benzene rings is 2. The van der Waals surface area contributed by atoms with Crippen molar-refractivity contribution >= 4 is 40.7 Å². The van der Waals surface area contributed by atoms with Gasteiger partial charge in [0.1, 0.15) is 17.4 Å². The van der Waals surface area contributed by atoms with Gasteiger partial charge >= 0.3 is 11.9 Å². The fourth-order valence-corrected chi connectivity index (χ4v) is 9.39. The number of amidine groups is 1. The lowest BCUT2D eigenvalue weighted by molar-refractivity contribution is -0.136. The molecule has 5 heterocycles. The summed E-state index contributed by atoms with van der Waals surface area (Å²) >= 11 is 7.95. The normalized spacial score (nSPS) is 17.9. The lowest BCUT2D eigenvalue weighted by Gasteiger charge is -2.39. The predicted molar refractivity (Wildman–Crippen MR) is 243 cm³/mol. The summed E-state index contributed by atoms with van der Waals surface area (Å²) < 4.78 is 38.6. The number of unbranched alkanes of at least 4 members (excludes halogenated alkanes) is 3. The molecule has 4 aromatic rings. The average Bonchev–Trinajstić information content (AvgIpc) is 3.81. The summed E-state index contributed by atoms with van der Waals surface area (Å²) in [4.78, 5) is 53.2. The quantitative estimate of drug-likeness (QED) is 0.0870. The fourth-order valence-electron chi connectivity index (χ4n) is 8.53. The van der Waals surface area contributed by atoms with Crippen molar-refractivity contribution in [3.05, 3.63) is 108 Å². The van der Waals surface area contributed by atoms with E-state index in [0.29, 0.717) is 58.7 Å². The van der Waals surface area contributed by atoms with E-state index in [-0.39, 0.29) is 34.1 Å². The van der Waals surface area contributed by atoms with E-state index in [0.717, 1.165) is 75.2 Å². The van der Waals surface area contributed by atoms with Gasteiger partial charge in [0.2, 0.25) is 0 Å². The highest BCUT2D eigenvalue weighted by atomic mass is 35.5. The van der Waals surface area contributed by atoms with Crippen molar-refractivity contribution in [3.8, 4) is 22.8 Å². The van der Waals surface area contributed by atoms with Crippen LogP contribution in [0.1, 0.15) is 92.0 Å². The zero-order chi connectivity index (χ0) is 44.8. The first-order chi connectivity index (χ1) is 30.3. The number of halogens is 2. The molecule has 1 unspecified atom stereocenters. The molecular weight excluding hydrogens is 847 g/mol. The average molecular weight is 904 g/mol. The minimum Gasteiger partial charge on any atom is -0.493 e. The smallest absolute Gasteiger partial charge is 0.343 e. The topological polar surface area (TPSA) is 137 Å². The first kappa shape index (κ1) is 45.9. The van der Waals surface area contributed by atoms with Crippen LogP contribution in [-0.4, -0.2) is 104 Å². The summed E-state index contributed by atoms with van der Waals surface area (Å²) in [5.41, 5.74) is 3.71. The third-order valence-electron chi connectivity index (χ3n) is 11.9. The van der Waals surface area contributed by atoms with Crippen LogP contribution in [-0.2, 0) is 20.7 Å². The Hall–Kier alpha value is -5.09. The number of pyridine rings is 1. The maximum absolute atomic E-state index is 14.1. The molecule has 0 amide bonds. The van der Waals surface area contributed by atoms with Gasteiger partial charge in [-0.2, -0.15) is 0 Å². The molecule has 63 heavy (non-hydrogen) atoms. The van der Waals surface area contributed by atoms with Crippen molar-refractivity contribution in [1.82, 2.24) is 24.7 Å². The Morgan fingerprint density at radius 3 is 2.43 bits per heavy atom. The maximum atomic E-state index is 14.1. The number of nitrogens with one attached hydrogen (secondary N) is 1. The highest BCUT2D eigenvalue weighted by Gasteiger charge is 2.36. The molecule has 2 atom stereocenters. The molecule has 3 aliphatic heterocycles. The third kappa shape index (κ3) is 10.5. The lowest BCUT2D eigenvalue weighted by atomic mass is 9.78. The van der Waals surface area contributed by atoms with Gasteiger partial charge in [-0.1, -0.05) is 51.3 Å². The van der Waals surface area contributed by atoms with Gasteiger partial charge in [0, 0.05) is 84.5 Å². The van der Waals surface area contributed by atoms with Gasteiger partial charge in [0.25, 0.3) is 0 Å². The van der Waals surface area contributed by atoms with Crippen molar-refractivity contribution in [3.63, 3.8) is 0 Å². The second-order valence-corrected chi connectivity index (χ2v) is 18.4. The molecular formula is C47H56ClFN6O7S. The molecule has 0 spiro atoms. The number of rotatable bonds is 16. The number of nitrogens with zero attached hydrogens (tertiary/aromatic N) is 5. The van der Waals surface area contributed by atoms with Gasteiger partial charge in [0.05, 0.1) is 38.7 Å². The Morgan fingerprint density at radius 2 is 1.75 bits per heavy atom. The SMILES string of the molecule is CCOC(=O)c1cn2c(cc1=O)-c1cc(OC)c(OCCCCCCN3CCN(CC4=C(C(=O)OC)[C@H](c5ccc(F)cc5Cl)N=C(c5nccs5)N4)CC3)cc1CC2C(C)(C)C. The van der Waals surface area contributed by atoms with Crippen LogP contribution in [0.15, 0.2) is 75.2 Å². The van der Waals surface area contributed by atoms with E-state index >= 15 is 0 Å². The molecule has 3 aliphatic rings. The number of piperazine rings is 1. The Morgan fingerprint density at radius 1 is 0.984 bits per heavy atom. The van der Waals surface area contributed by atoms with Crippen molar-refractivity contribution in [2.75, 3.05) is 66.7 Å². The molecule has 1 saturated heterocycles. The van der Waals surface area contributed by atoms with E-state index in [9.17, 15) is 18.8 Å². The molecule has 0 bridgehead atoms. The first-order valence-corrected chi connectivity index (χ1v) is 22.8. The number of hydrogen-bond donors (Lipinski definition) is 1. The monoisotopic (exact) mass is 902 g/mol. The number of esters is 2. The van der Waals surface area contributed by atoms with E-state index in [2.05, 4.69) is 40.9 Å². The van der Waals surface area contributed by atoms with Crippen molar-refractivity contribution in [2.24, 2.45) is 10.4 Å². The summed E-state index contributed by atoms with van der Waals surface area (Å²) in [6.45, 7) is 13.8. The number of thiazole rings is 1. The second kappa shape index (κ2) is 20.2. The molecule has 13 nitrogen and oxygen atoms in total. The largest absolute Gasteiger partial charge is 0.493 e. The Kier molecular flexibility index (Phi) is 14.7. The minimum absolute atomic E-state index is 0.0110. The minimum atomic E-state index is -0.796. The molecule has 0 saturated carbocycles. The van der Waals surface area contributed by atoms with Crippen LogP contribution in [0.3, 0.4) is 0 Å². The zero-order valence-electron chi connectivity index (χ0n) is 36.8. The molecule has 336 valence electrons. The number of aromatic nitrogens is 2. The summed E-state index contributed by atoms with van der Waals surface area (Å²) in [5.74, 6) is 0.192. The van der Waals surface area contributed by atoms with E-state index in [1.807, 2.05) is 22.1 Å². The molecule has 16 heteroatoms. The predicted octanol–water partition coefficient (Wildman–Crippen LogP) is 7.87. The van der Waals surface area contributed by atoms with Crippen LogP contribution in [0.5, 0.6) is 11.5 Å². The molecule has 2 aromatic heterocycles. The van der Waals surface area contributed by atoms with Crippen LogP contribution in [0.4, 0.5) is 4.39 Å². The summed E-state index contributed by atoms with van der Waals surface area (Å²) in [5, 5.41) is 6.09. The maximum Gasteiger partial charge on any atom is 0.343 e. The number of ether oxygens (including phenoxy) is 4. The van der Waals surface area contributed by atoms with Crippen LogP contribution in [0.25, 0.3) is 11.3 Å². The summed E-state index contributed by atoms with van der Waals surface area (Å²) in [6.07, 6.45) is 8.12. The van der Waals surface area contributed by atoms with Gasteiger partial charge < -0.3 is 33.7 Å². The second-order valence-electron chi connectivity index (χ2n) is 17.1. The van der Waals surface area contributed by atoms with Crippen molar-refractivity contribution in [2.45, 2.75) is 71.9 Å². The van der Waals surface area contributed by atoms with E-state index in [1.165, 1.54) is 36.6 Å². The number of aliphatic imine (C=N–C) groups is 1. The number of carbonyl (C=O) groups is 2. The molecule has 0 radical (unpaired) electrons. The number of fused-ring (bicyclic) bond motifs is 3. The highest BCUT2D eigenvalue weighted by molar-refractivity contribution is 7.11. The van der Waals surface area contributed by atoms with Gasteiger partial charge in [-0.05, 0) is 68.0 Å². The highest BCUT2D eigenvalue weighted by Crippen LogP contribution is 2.46. The van der Waals surface area contributed by atoms with Gasteiger partial charge in [-0.15, -0.1) is 11.3 Å². The van der Waals surface area contributed by atoms with Gasteiger partial charge in [-0.25, -0.2) is 19.0 Å². The van der Waals surface area contributed by atoms with Gasteiger partial charge in [-0.3, -0.25) is 14.7 Å². The van der Waals surface area contributed by atoms with Crippen LogP contribution >= 0.6 is 22.9 Å². The van der Waals surface area contributed by atoms with E-state index in [4.69, 9.17) is 35.5 Å². The molecule has 2 aromatic carbocycles. The van der Waals surface area contributed by atoms with Crippen LogP contribution in [0, 0.1) is 11.2 Å². The van der Waals surface area contributed by atoms with Crippen LogP contribution in [0.2, 0.25) is 5.02 Å². The standard InChI is InChI=1S/C47H56ClFN6O7S/c1-7-61-45(57)33-27-55-36(26-37(33)56)32-25-38(59-5)39(22-29(32)23-40(55)47(2,3)4)62-20-11-9-8-10-15-53-16-18-54(19-17-53)28-35-41(46(58)60-6)42(31-13-12-30(49)24-34(31)48)52-43(51-35)44-50-14-21-63-44/h12-14,21-22,24-27,40,42H,7-11,15-20,23,28H2,1-6H3,(H,51,52)/t40?,42-/m0/s1. The number of hydrogen-bond acceptors (Lipinski definition) is 13.